The van der Waals surface area contributed by atoms with Crippen molar-refractivity contribution in [3.8, 4) is 0 Å². The first-order chi connectivity index (χ1) is 7.50. The quantitative estimate of drug-likeness (QED) is 0.682. The largest absolute Gasteiger partial charge is 0.381 e. The standard InChI is InChI=1S/C16H32O/c1-10-15(7)13(3,4)11-14(5,6)16(15,8)12(2)17-9/h12H,10-11H2,1-9H3. The first-order valence-electron chi connectivity index (χ1n) is 7.03. The van der Waals surface area contributed by atoms with Gasteiger partial charge in [-0.1, -0.05) is 48.5 Å². The van der Waals surface area contributed by atoms with Crippen molar-refractivity contribution in [2.24, 2.45) is 21.7 Å². The molecule has 0 N–H and O–H groups in total. The molecule has 1 rings (SSSR count). The second-order valence-corrected chi connectivity index (χ2v) is 7.71. The lowest BCUT2D eigenvalue weighted by Crippen LogP contribution is -2.52. The zero-order chi connectivity index (χ0) is 13.7. The Morgan fingerprint density at radius 2 is 1.47 bits per heavy atom. The molecule has 1 nitrogen and oxygen atoms in total. The van der Waals surface area contributed by atoms with E-state index >= 15 is 0 Å². The third-order valence-electron chi connectivity index (χ3n) is 6.80. The summed E-state index contributed by atoms with van der Waals surface area (Å²) < 4.78 is 5.76. The molecule has 0 heterocycles. The highest BCUT2D eigenvalue weighted by atomic mass is 16.5. The van der Waals surface area contributed by atoms with Crippen molar-refractivity contribution in [3.05, 3.63) is 0 Å². The van der Waals surface area contributed by atoms with Crippen LogP contribution in [-0.2, 0) is 4.74 Å². The normalized spacial score (nSPS) is 41.5. The van der Waals surface area contributed by atoms with Crippen LogP contribution in [0, 0.1) is 21.7 Å². The highest BCUT2D eigenvalue weighted by Crippen LogP contribution is 2.72. The van der Waals surface area contributed by atoms with Crippen LogP contribution in [-0.4, -0.2) is 13.2 Å². The highest BCUT2D eigenvalue weighted by molar-refractivity contribution is 5.16. The molecule has 0 aromatic carbocycles. The molecular formula is C16H32O. The Morgan fingerprint density at radius 1 is 1.00 bits per heavy atom. The number of hydrogen-bond donors (Lipinski definition) is 0. The van der Waals surface area contributed by atoms with Gasteiger partial charge < -0.3 is 4.74 Å². The number of ether oxygens (including phenoxy) is 1. The predicted molar refractivity (Wildman–Crippen MR) is 75.2 cm³/mol. The van der Waals surface area contributed by atoms with Crippen LogP contribution < -0.4 is 0 Å². The first-order valence-corrected chi connectivity index (χ1v) is 7.03. The van der Waals surface area contributed by atoms with Crippen molar-refractivity contribution in [3.63, 3.8) is 0 Å². The van der Waals surface area contributed by atoms with Gasteiger partial charge in [0.1, 0.15) is 0 Å². The van der Waals surface area contributed by atoms with E-state index in [0.29, 0.717) is 22.3 Å². The van der Waals surface area contributed by atoms with Gasteiger partial charge in [0.15, 0.2) is 0 Å². The molecule has 0 aromatic heterocycles. The summed E-state index contributed by atoms with van der Waals surface area (Å²) >= 11 is 0. The summed E-state index contributed by atoms with van der Waals surface area (Å²) in [6, 6.07) is 0. The average Bonchev–Trinajstić information content (AvgIpc) is 2.33. The van der Waals surface area contributed by atoms with Gasteiger partial charge in [-0.3, -0.25) is 0 Å². The van der Waals surface area contributed by atoms with E-state index in [9.17, 15) is 0 Å². The molecule has 3 unspecified atom stereocenters. The Labute approximate surface area is 108 Å². The van der Waals surface area contributed by atoms with E-state index in [4.69, 9.17) is 4.74 Å². The van der Waals surface area contributed by atoms with Gasteiger partial charge in [-0.25, -0.2) is 0 Å². The summed E-state index contributed by atoms with van der Waals surface area (Å²) in [6.45, 7) is 19.2. The molecule has 1 saturated carbocycles. The Balaban J connectivity index is 3.42. The van der Waals surface area contributed by atoms with Crippen LogP contribution in [0.1, 0.15) is 68.2 Å². The molecule has 1 fully saturated rings. The lowest BCUT2D eigenvalue weighted by atomic mass is 9.52. The topological polar surface area (TPSA) is 9.23 Å². The maximum absolute atomic E-state index is 5.76. The molecule has 0 aromatic rings. The third-order valence-corrected chi connectivity index (χ3v) is 6.80. The average molecular weight is 240 g/mol. The minimum Gasteiger partial charge on any atom is -0.381 e. The van der Waals surface area contributed by atoms with Gasteiger partial charge in [-0.2, -0.15) is 0 Å². The van der Waals surface area contributed by atoms with Crippen molar-refractivity contribution in [2.75, 3.05) is 7.11 Å². The highest BCUT2D eigenvalue weighted by Gasteiger charge is 2.67. The Kier molecular flexibility index (Phi) is 3.52. The molecule has 1 aliphatic carbocycles. The van der Waals surface area contributed by atoms with Crippen LogP contribution in [0.4, 0.5) is 0 Å². The fraction of sp³-hybridized carbons (Fsp3) is 1.00. The Hall–Kier alpha value is -0.0400. The smallest absolute Gasteiger partial charge is 0.0607 e. The zero-order valence-corrected chi connectivity index (χ0v) is 13.4. The fourth-order valence-electron chi connectivity index (χ4n) is 5.01. The van der Waals surface area contributed by atoms with E-state index in [1.54, 1.807) is 0 Å². The molecule has 0 radical (unpaired) electrons. The van der Waals surface area contributed by atoms with E-state index in [1.807, 2.05) is 7.11 Å². The fourth-order valence-corrected chi connectivity index (χ4v) is 5.01. The lowest BCUT2D eigenvalue weighted by Gasteiger charge is -2.54. The lowest BCUT2D eigenvalue weighted by molar-refractivity contribution is -0.122. The van der Waals surface area contributed by atoms with Crippen molar-refractivity contribution < 1.29 is 4.74 Å². The van der Waals surface area contributed by atoms with Crippen molar-refractivity contribution in [1.29, 1.82) is 0 Å². The zero-order valence-electron chi connectivity index (χ0n) is 13.4. The monoisotopic (exact) mass is 240 g/mol. The first kappa shape index (κ1) is 15.0. The molecule has 0 spiro atoms. The van der Waals surface area contributed by atoms with Crippen LogP contribution >= 0.6 is 0 Å². The van der Waals surface area contributed by atoms with E-state index in [2.05, 4.69) is 55.4 Å². The molecule has 0 saturated heterocycles. The van der Waals surface area contributed by atoms with Crippen molar-refractivity contribution in [2.45, 2.75) is 74.3 Å². The molecule has 102 valence electrons. The molecule has 1 aliphatic rings. The summed E-state index contributed by atoms with van der Waals surface area (Å²) in [4.78, 5) is 0. The van der Waals surface area contributed by atoms with Gasteiger partial charge in [0.05, 0.1) is 6.10 Å². The van der Waals surface area contributed by atoms with E-state index in [-0.39, 0.29) is 5.41 Å². The third kappa shape index (κ3) is 1.61. The van der Waals surface area contributed by atoms with Gasteiger partial charge in [-0.05, 0) is 36.0 Å². The van der Waals surface area contributed by atoms with Crippen molar-refractivity contribution >= 4 is 0 Å². The number of methoxy groups -OCH3 is 1. The minimum atomic E-state index is 0.215. The van der Waals surface area contributed by atoms with E-state index < -0.39 is 0 Å². The molecule has 0 bridgehead atoms. The molecule has 1 heteroatoms. The Bertz CT molecular complexity index is 292. The summed E-state index contributed by atoms with van der Waals surface area (Å²) in [5.74, 6) is 0. The van der Waals surface area contributed by atoms with Crippen LogP contribution in [0.25, 0.3) is 0 Å². The second kappa shape index (κ2) is 3.98. The number of rotatable bonds is 3. The molecular weight excluding hydrogens is 208 g/mol. The van der Waals surface area contributed by atoms with Crippen LogP contribution in [0.2, 0.25) is 0 Å². The predicted octanol–water partition coefficient (Wildman–Crippen LogP) is 4.90. The second-order valence-electron chi connectivity index (χ2n) is 7.71. The maximum atomic E-state index is 5.76. The number of hydrogen-bond acceptors (Lipinski definition) is 1. The van der Waals surface area contributed by atoms with Crippen molar-refractivity contribution in [1.82, 2.24) is 0 Å². The molecule has 3 atom stereocenters. The van der Waals surface area contributed by atoms with Crippen LogP contribution in [0.15, 0.2) is 0 Å². The SMILES string of the molecule is CCC1(C)C(C)(C)CC(C)(C)C1(C)C(C)OC. The van der Waals surface area contributed by atoms with Gasteiger partial charge >= 0.3 is 0 Å². The van der Waals surface area contributed by atoms with E-state index in [0.717, 1.165) is 0 Å². The molecule has 0 aliphatic heterocycles. The minimum absolute atomic E-state index is 0.215. The molecule has 0 amide bonds. The summed E-state index contributed by atoms with van der Waals surface area (Å²) in [5.41, 5.74) is 1.22. The van der Waals surface area contributed by atoms with Crippen LogP contribution in [0.3, 0.4) is 0 Å². The molecule has 17 heavy (non-hydrogen) atoms. The van der Waals surface area contributed by atoms with Gasteiger partial charge in [-0.15, -0.1) is 0 Å². The van der Waals surface area contributed by atoms with Crippen LogP contribution in [0.5, 0.6) is 0 Å². The van der Waals surface area contributed by atoms with E-state index in [1.165, 1.54) is 12.8 Å². The maximum Gasteiger partial charge on any atom is 0.0607 e. The summed E-state index contributed by atoms with van der Waals surface area (Å²) in [7, 11) is 1.85. The summed E-state index contributed by atoms with van der Waals surface area (Å²) in [6.07, 6.45) is 2.78. The van der Waals surface area contributed by atoms with Gasteiger partial charge in [0.2, 0.25) is 0 Å². The van der Waals surface area contributed by atoms with Gasteiger partial charge in [0, 0.05) is 12.5 Å². The summed E-state index contributed by atoms with van der Waals surface area (Å²) in [5, 5.41) is 0. The Morgan fingerprint density at radius 3 is 1.82 bits per heavy atom. The van der Waals surface area contributed by atoms with Gasteiger partial charge in [0.25, 0.3) is 0 Å².